The lowest BCUT2D eigenvalue weighted by atomic mass is 9.82. The number of rotatable bonds is 5. The van der Waals surface area contributed by atoms with Gasteiger partial charge in [0.1, 0.15) is 11.2 Å². The molecule has 4 heterocycles. The molecule has 56 heavy (non-hydrogen) atoms. The van der Waals surface area contributed by atoms with E-state index < -0.39 is 0 Å². The first-order valence-electron chi connectivity index (χ1n) is 19.0. The Morgan fingerprint density at radius 2 is 1.14 bits per heavy atom. The molecule has 5 heteroatoms. The van der Waals surface area contributed by atoms with Crippen LogP contribution in [-0.2, 0) is 5.41 Å². The molecule has 0 saturated carbocycles. The Bertz CT molecular complexity index is 3160. The van der Waals surface area contributed by atoms with Crippen molar-refractivity contribution in [3.63, 3.8) is 0 Å². The predicted molar refractivity (Wildman–Crippen MR) is 227 cm³/mol. The maximum absolute atomic E-state index is 6.30. The number of hydrogen-bond acceptors (Lipinski definition) is 5. The first-order chi connectivity index (χ1) is 27.5. The van der Waals surface area contributed by atoms with Crippen LogP contribution in [0.25, 0.3) is 100 Å². The number of para-hydroxylation sites is 1. The molecule has 264 valence electrons. The summed E-state index contributed by atoms with van der Waals surface area (Å²) in [6.07, 6.45) is 3.75. The third-order valence-corrected chi connectivity index (χ3v) is 11.4. The van der Waals surface area contributed by atoms with Crippen molar-refractivity contribution in [1.82, 2.24) is 19.9 Å². The van der Waals surface area contributed by atoms with Crippen molar-refractivity contribution >= 4 is 33.0 Å². The number of furan rings is 1. The van der Waals surface area contributed by atoms with Crippen LogP contribution < -0.4 is 0 Å². The Morgan fingerprint density at radius 3 is 2.02 bits per heavy atom. The van der Waals surface area contributed by atoms with E-state index in [1.807, 2.05) is 48.7 Å². The SMILES string of the molecule is CC1(C)c2ccccc2-c2ccc(-c3cc(-c4ccc(-c5c(-c6cccc7oc8ccccc8c67)cnc6ncccc56)cc4)nc(-c4ccccc4)n3)cc21. The van der Waals surface area contributed by atoms with Crippen molar-refractivity contribution in [3.05, 3.63) is 181 Å². The third kappa shape index (κ3) is 5.01. The maximum atomic E-state index is 6.30. The molecule has 0 atom stereocenters. The van der Waals surface area contributed by atoms with Gasteiger partial charge in [0.2, 0.25) is 0 Å². The zero-order chi connectivity index (χ0) is 37.4. The second kappa shape index (κ2) is 12.4. The standard InChI is InChI=1S/C51H34N4O/c1-51(2)41-18-8-6-14-35(41)36-26-25-34(28-42(36)51)44-29-43(54-49(55-44)33-12-4-3-5-13-33)31-21-23-32(24-22-31)47-39-17-11-27-52-50(39)53-30-40(47)37-16-10-20-46-48(37)38-15-7-9-19-45(38)56-46/h3-30H,1-2H3. The number of pyridine rings is 2. The van der Waals surface area contributed by atoms with Crippen LogP contribution in [0.2, 0.25) is 0 Å². The molecule has 5 nitrogen and oxygen atoms in total. The fourth-order valence-corrected chi connectivity index (χ4v) is 8.68. The van der Waals surface area contributed by atoms with Crippen molar-refractivity contribution in [2.45, 2.75) is 19.3 Å². The van der Waals surface area contributed by atoms with Crippen molar-refractivity contribution in [2.24, 2.45) is 0 Å². The smallest absolute Gasteiger partial charge is 0.160 e. The molecule has 0 saturated heterocycles. The first kappa shape index (κ1) is 32.2. The van der Waals surface area contributed by atoms with Gasteiger partial charge < -0.3 is 4.42 Å². The quantitative estimate of drug-likeness (QED) is 0.177. The lowest BCUT2D eigenvalue weighted by molar-refractivity contribution is 0.660. The largest absolute Gasteiger partial charge is 0.456 e. The van der Waals surface area contributed by atoms with Crippen LogP contribution in [0.3, 0.4) is 0 Å². The Labute approximate surface area is 324 Å². The highest BCUT2D eigenvalue weighted by atomic mass is 16.3. The summed E-state index contributed by atoms with van der Waals surface area (Å²) in [4.78, 5) is 19.8. The van der Waals surface area contributed by atoms with Crippen LogP contribution in [0.1, 0.15) is 25.0 Å². The summed E-state index contributed by atoms with van der Waals surface area (Å²) < 4.78 is 6.30. The van der Waals surface area contributed by atoms with Gasteiger partial charge in [-0.1, -0.05) is 135 Å². The lowest BCUT2D eigenvalue weighted by Crippen LogP contribution is -2.14. The minimum absolute atomic E-state index is 0.113. The van der Waals surface area contributed by atoms with Gasteiger partial charge in [0.05, 0.1) is 11.4 Å². The molecule has 1 aliphatic carbocycles. The Balaban J connectivity index is 1.06. The van der Waals surface area contributed by atoms with Gasteiger partial charge in [-0.3, -0.25) is 0 Å². The molecule has 11 rings (SSSR count). The average molecular weight is 719 g/mol. The van der Waals surface area contributed by atoms with Gasteiger partial charge in [0.15, 0.2) is 11.5 Å². The van der Waals surface area contributed by atoms with Crippen LogP contribution in [-0.4, -0.2) is 19.9 Å². The van der Waals surface area contributed by atoms with Crippen LogP contribution in [0.4, 0.5) is 0 Å². The second-order valence-corrected chi connectivity index (χ2v) is 15.0. The molecule has 0 bridgehead atoms. The van der Waals surface area contributed by atoms with Gasteiger partial charge in [-0.15, -0.1) is 0 Å². The molecular weight excluding hydrogens is 685 g/mol. The second-order valence-electron chi connectivity index (χ2n) is 15.0. The zero-order valence-corrected chi connectivity index (χ0v) is 30.9. The molecule has 0 radical (unpaired) electrons. The van der Waals surface area contributed by atoms with Crippen LogP contribution in [0.5, 0.6) is 0 Å². The molecule has 0 fully saturated rings. The van der Waals surface area contributed by atoms with E-state index in [0.717, 1.165) is 77.7 Å². The molecule has 4 aromatic heterocycles. The number of fused-ring (bicyclic) bond motifs is 7. The van der Waals surface area contributed by atoms with Gasteiger partial charge in [0.25, 0.3) is 0 Å². The number of nitrogens with zero attached hydrogens (tertiary/aromatic N) is 4. The van der Waals surface area contributed by atoms with E-state index in [0.29, 0.717) is 11.5 Å². The molecule has 1 aliphatic rings. The molecule has 10 aromatic rings. The molecule has 0 aliphatic heterocycles. The van der Waals surface area contributed by atoms with E-state index in [2.05, 4.69) is 134 Å². The Hall–Kier alpha value is -7.24. The van der Waals surface area contributed by atoms with Crippen molar-refractivity contribution in [2.75, 3.05) is 0 Å². The van der Waals surface area contributed by atoms with Gasteiger partial charge in [-0.05, 0) is 69.8 Å². The number of benzene rings is 6. The minimum atomic E-state index is -0.113. The normalized spacial score (nSPS) is 13.0. The molecule has 0 N–H and O–H groups in total. The Morgan fingerprint density at radius 1 is 0.464 bits per heavy atom. The molecule has 6 aromatic carbocycles. The fraction of sp³-hybridized carbons (Fsp3) is 0.0588. The number of hydrogen-bond donors (Lipinski definition) is 0. The highest BCUT2D eigenvalue weighted by Gasteiger charge is 2.35. The summed E-state index contributed by atoms with van der Waals surface area (Å²) >= 11 is 0. The van der Waals surface area contributed by atoms with Gasteiger partial charge in [0, 0.05) is 61.8 Å². The van der Waals surface area contributed by atoms with E-state index in [-0.39, 0.29) is 5.41 Å². The summed E-state index contributed by atoms with van der Waals surface area (Å²) in [6.45, 7) is 4.63. The van der Waals surface area contributed by atoms with Gasteiger partial charge in [-0.25, -0.2) is 19.9 Å². The van der Waals surface area contributed by atoms with Crippen LogP contribution >= 0.6 is 0 Å². The highest BCUT2D eigenvalue weighted by molar-refractivity contribution is 6.15. The van der Waals surface area contributed by atoms with Crippen molar-refractivity contribution < 1.29 is 4.42 Å². The molecule has 0 unspecified atom stereocenters. The summed E-state index contributed by atoms with van der Waals surface area (Å²) in [5.41, 5.74) is 16.6. The van der Waals surface area contributed by atoms with Crippen LogP contribution in [0.15, 0.2) is 175 Å². The van der Waals surface area contributed by atoms with E-state index in [1.54, 1.807) is 6.20 Å². The Kier molecular flexibility index (Phi) is 7.13. The summed E-state index contributed by atoms with van der Waals surface area (Å²) in [6, 6.07) is 55.2. The molecule has 0 amide bonds. The predicted octanol–water partition coefficient (Wildman–Crippen LogP) is 13.0. The zero-order valence-electron chi connectivity index (χ0n) is 30.9. The van der Waals surface area contributed by atoms with E-state index >= 15 is 0 Å². The fourth-order valence-electron chi connectivity index (χ4n) is 8.68. The van der Waals surface area contributed by atoms with E-state index in [4.69, 9.17) is 19.4 Å². The number of aromatic nitrogens is 4. The van der Waals surface area contributed by atoms with Crippen LogP contribution in [0, 0.1) is 0 Å². The summed E-state index contributed by atoms with van der Waals surface area (Å²) in [5.74, 6) is 0.694. The monoisotopic (exact) mass is 718 g/mol. The van der Waals surface area contributed by atoms with Gasteiger partial charge >= 0.3 is 0 Å². The van der Waals surface area contributed by atoms with Crippen molar-refractivity contribution in [3.8, 4) is 67.3 Å². The topological polar surface area (TPSA) is 64.7 Å². The molecular formula is C51H34N4O. The first-order valence-corrected chi connectivity index (χ1v) is 19.0. The van der Waals surface area contributed by atoms with E-state index in [9.17, 15) is 0 Å². The maximum Gasteiger partial charge on any atom is 0.160 e. The van der Waals surface area contributed by atoms with E-state index in [1.165, 1.54) is 22.3 Å². The summed E-state index contributed by atoms with van der Waals surface area (Å²) in [7, 11) is 0. The van der Waals surface area contributed by atoms with Crippen molar-refractivity contribution in [1.29, 1.82) is 0 Å². The summed E-state index contributed by atoms with van der Waals surface area (Å²) in [5, 5.41) is 3.14. The average Bonchev–Trinajstić information content (AvgIpc) is 3.75. The highest BCUT2D eigenvalue weighted by Crippen LogP contribution is 2.50. The molecule has 0 spiro atoms. The van der Waals surface area contributed by atoms with Gasteiger partial charge in [-0.2, -0.15) is 0 Å². The minimum Gasteiger partial charge on any atom is -0.456 e. The third-order valence-electron chi connectivity index (χ3n) is 11.4. The lowest BCUT2D eigenvalue weighted by Gasteiger charge is -2.22.